The van der Waals surface area contributed by atoms with Crippen LogP contribution in [0.15, 0.2) is 60.8 Å². The predicted octanol–water partition coefficient (Wildman–Crippen LogP) is 4.80. The first-order chi connectivity index (χ1) is 12.3. The van der Waals surface area contributed by atoms with Crippen LogP contribution in [-0.2, 0) is 0 Å². The Morgan fingerprint density at radius 1 is 0.963 bits per heavy atom. The van der Waals surface area contributed by atoms with E-state index in [0.29, 0.717) is 5.92 Å². The highest BCUT2D eigenvalue weighted by Crippen LogP contribution is 2.29. The van der Waals surface area contributed by atoms with E-state index >= 15 is 0 Å². The number of carbonyl (C=O) groups excluding carboxylic acids is 1. The molecule has 1 saturated heterocycles. The zero-order valence-electron chi connectivity index (χ0n) is 14.6. The smallest absolute Gasteiger partial charge is 0.316 e. The van der Waals surface area contributed by atoms with E-state index in [0.717, 1.165) is 41.8 Å². The molecule has 3 aromatic rings. The maximum absolute atomic E-state index is 12.5. The van der Waals surface area contributed by atoms with Crippen LogP contribution in [0.3, 0.4) is 0 Å². The van der Waals surface area contributed by atoms with Crippen molar-refractivity contribution in [1.82, 2.24) is 10.3 Å². The standard InChI is InChI=1S/C20H20N4O.2ClH/c25-20(24-19-10-12-22-17-7-3-2-6-16(17)19)23-18-8-4-1-5-15(18)14-9-11-21-13-14;;/h1-8,10,12,14,21H,9,11,13H2,(H2,22,23,24,25);2*1H. The van der Waals surface area contributed by atoms with Gasteiger partial charge < -0.3 is 16.0 Å². The number of benzene rings is 2. The number of pyridine rings is 1. The zero-order chi connectivity index (χ0) is 17.1. The van der Waals surface area contributed by atoms with Gasteiger partial charge in [-0.1, -0.05) is 36.4 Å². The van der Waals surface area contributed by atoms with Crippen LogP contribution >= 0.6 is 24.8 Å². The molecular formula is C20H22Cl2N4O. The molecule has 1 unspecified atom stereocenters. The number of nitrogens with zero attached hydrogens (tertiary/aromatic N) is 1. The Hall–Kier alpha value is -2.34. The van der Waals surface area contributed by atoms with E-state index in [9.17, 15) is 4.79 Å². The second-order valence-electron chi connectivity index (χ2n) is 6.23. The first kappa shape index (κ1) is 21.0. The van der Waals surface area contributed by atoms with Crippen molar-refractivity contribution in [3.8, 4) is 0 Å². The predicted molar refractivity (Wildman–Crippen MR) is 116 cm³/mol. The van der Waals surface area contributed by atoms with Gasteiger partial charge in [0.05, 0.1) is 11.2 Å². The maximum Gasteiger partial charge on any atom is 0.323 e. The van der Waals surface area contributed by atoms with Crippen molar-refractivity contribution in [1.29, 1.82) is 0 Å². The van der Waals surface area contributed by atoms with Crippen LogP contribution in [-0.4, -0.2) is 24.1 Å². The van der Waals surface area contributed by atoms with E-state index in [-0.39, 0.29) is 30.8 Å². The van der Waals surface area contributed by atoms with Crippen LogP contribution in [0.4, 0.5) is 16.2 Å². The molecule has 0 spiro atoms. The molecule has 0 radical (unpaired) electrons. The summed E-state index contributed by atoms with van der Waals surface area (Å²) in [5, 5.41) is 10.2. The van der Waals surface area contributed by atoms with Crippen LogP contribution in [0.25, 0.3) is 10.9 Å². The second kappa shape index (κ2) is 9.55. The van der Waals surface area contributed by atoms with Crippen molar-refractivity contribution in [2.24, 2.45) is 0 Å². The van der Waals surface area contributed by atoms with Gasteiger partial charge in [0.25, 0.3) is 0 Å². The topological polar surface area (TPSA) is 66.1 Å². The summed E-state index contributed by atoms with van der Waals surface area (Å²) in [5.41, 5.74) is 3.66. The van der Waals surface area contributed by atoms with E-state index in [4.69, 9.17) is 0 Å². The molecule has 2 amide bonds. The van der Waals surface area contributed by atoms with Gasteiger partial charge >= 0.3 is 6.03 Å². The Kier molecular flexibility index (Phi) is 7.42. The summed E-state index contributed by atoms with van der Waals surface area (Å²) >= 11 is 0. The SMILES string of the molecule is Cl.Cl.O=C(Nc1ccccc1C1CCNC1)Nc1ccnc2ccccc12. The number of urea groups is 1. The summed E-state index contributed by atoms with van der Waals surface area (Å²) in [6, 6.07) is 17.4. The average Bonchev–Trinajstić information content (AvgIpc) is 3.17. The number of amides is 2. The van der Waals surface area contributed by atoms with Crippen molar-refractivity contribution in [2.45, 2.75) is 12.3 Å². The van der Waals surface area contributed by atoms with Gasteiger partial charge in [0.1, 0.15) is 0 Å². The third kappa shape index (κ3) is 4.69. The minimum atomic E-state index is -0.241. The molecule has 1 atom stereocenters. The summed E-state index contributed by atoms with van der Waals surface area (Å²) in [6.07, 6.45) is 2.80. The number of fused-ring (bicyclic) bond motifs is 1. The molecule has 27 heavy (non-hydrogen) atoms. The number of aromatic nitrogens is 1. The molecule has 3 N–H and O–H groups in total. The first-order valence-electron chi connectivity index (χ1n) is 8.52. The summed E-state index contributed by atoms with van der Waals surface area (Å²) in [6.45, 7) is 1.98. The van der Waals surface area contributed by atoms with Crippen molar-refractivity contribution in [3.05, 3.63) is 66.4 Å². The Morgan fingerprint density at radius 3 is 2.52 bits per heavy atom. The number of para-hydroxylation sites is 2. The molecular weight excluding hydrogens is 383 g/mol. The van der Waals surface area contributed by atoms with Gasteiger partial charge in [-0.15, -0.1) is 24.8 Å². The monoisotopic (exact) mass is 404 g/mol. The molecule has 0 bridgehead atoms. The number of hydrogen-bond acceptors (Lipinski definition) is 3. The van der Waals surface area contributed by atoms with Gasteiger partial charge in [0.2, 0.25) is 0 Å². The summed E-state index contributed by atoms with van der Waals surface area (Å²) in [7, 11) is 0. The average molecular weight is 405 g/mol. The van der Waals surface area contributed by atoms with Gasteiger partial charge in [0, 0.05) is 23.8 Å². The van der Waals surface area contributed by atoms with E-state index < -0.39 is 0 Å². The maximum atomic E-state index is 12.5. The number of carbonyl (C=O) groups is 1. The van der Waals surface area contributed by atoms with Crippen LogP contribution in [0.1, 0.15) is 17.9 Å². The van der Waals surface area contributed by atoms with Crippen molar-refractivity contribution in [3.63, 3.8) is 0 Å². The largest absolute Gasteiger partial charge is 0.323 e. The highest BCUT2D eigenvalue weighted by Gasteiger charge is 2.20. The molecule has 2 aromatic carbocycles. The molecule has 4 rings (SSSR count). The second-order valence-corrected chi connectivity index (χ2v) is 6.23. The third-order valence-corrected chi connectivity index (χ3v) is 4.61. The molecule has 2 heterocycles. The van der Waals surface area contributed by atoms with Crippen LogP contribution in [0.2, 0.25) is 0 Å². The van der Waals surface area contributed by atoms with E-state index in [1.165, 1.54) is 5.56 Å². The fourth-order valence-electron chi connectivity index (χ4n) is 3.37. The molecule has 0 aliphatic carbocycles. The van der Waals surface area contributed by atoms with Gasteiger partial charge in [0.15, 0.2) is 0 Å². The fraction of sp³-hybridized carbons (Fsp3) is 0.200. The fourth-order valence-corrected chi connectivity index (χ4v) is 3.37. The quantitative estimate of drug-likeness (QED) is 0.587. The molecule has 1 fully saturated rings. The summed E-state index contributed by atoms with van der Waals surface area (Å²) in [4.78, 5) is 16.9. The Labute approximate surface area is 170 Å². The Morgan fingerprint density at radius 2 is 1.70 bits per heavy atom. The number of anilines is 2. The lowest BCUT2D eigenvalue weighted by atomic mass is 9.96. The van der Waals surface area contributed by atoms with Crippen LogP contribution < -0.4 is 16.0 Å². The Balaban J connectivity index is 0.00000131. The number of hydrogen-bond donors (Lipinski definition) is 3. The van der Waals surface area contributed by atoms with Gasteiger partial charge in [-0.05, 0) is 42.6 Å². The third-order valence-electron chi connectivity index (χ3n) is 4.61. The molecule has 5 nitrogen and oxygen atoms in total. The van der Waals surface area contributed by atoms with Crippen molar-refractivity contribution >= 4 is 53.1 Å². The lowest BCUT2D eigenvalue weighted by molar-refractivity contribution is 0.262. The van der Waals surface area contributed by atoms with Crippen LogP contribution in [0, 0.1) is 0 Å². The lowest BCUT2D eigenvalue weighted by Crippen LogP contribution is -2.21. The number of halogens is 2. The number of nitrogens with one attached hydrogen (secondary N) is 3. The normalized spacial score (nSPS) is 15.5. The molecule has 142 valence electrons. The highest BCUT2D eigenvalue weighted by molar-refractivity contribution is 6.05. The Bertz CT molecular complexity index is 908. The minimum absolute atomic E-state index is 0. The highest BCUT2D eigenvalue weighted by atomic mass is 35.5. The number of rotatable bonds is 3. The summed E-state index contributed by atoms with van der Waals surface area (Å²) in [5.74, 6) is 0.443. The zero-order valence-corrected chi connectivity index (χ0v) is 16.3. The minimum Gasteiger partial charge on any atom is -0.316 e. The molecule has 7 heteroatoms. The molecule has 0 saturated carbocycles. The van der Waals surface area contributed by atoms with E-state index in [1.807, 2.05) is 48.5 Å². The van der Waals surface area contributed by atoms with Crippen LogP contribution in [0.5, 0.6) is 0 Å². The molecule has 1 aromatic heterocycles. The molecule has 1 aliphatic heterocycles. The van der Waals surface area contributed by atoms with Gasteiger partial charge in [-0.25, -0.2) is 4.79 Å². The summed E-state index contributed by atoms with van der Waals surface area (Å²) < 4.78 is 0. The van der Waals surface area contributed by atoms with Gasteiger partial charge in [-0.2, -0.15) is 0 Å². The molecule has 1 aliphatic rings. The van der Waals surface area contributed by atoms with Gasteiger partial charge in [-0.3, -0.25) is 4.98 Å². The van der Waals surface area contributed by atoms with Crippen molar-refractivity contribution in [2.75, 3.05) is 23.7 Å². The first-order valence-corrected chi connectivity index (χ1v) is 8.52. The van der Waals surface area contributed by atoms with E-state index in [1.54, 1.807) is 6.20 Å². The lowest BCUT2D eigenvalue weighted by Gasteiger charge is -2.16. The van der Waals surface area contributed by atoms with E-state index in [2.05, 4.69) is 27.0 Å². The van der Waals surface area contributed by atoms with Crippen molar-refractivity contribution < 1.29 is 4.79 Å².